The second kappa shape index (κ2) is 10.8. The lowest BCUT2D eigenvalue weighted by Crippen LogP contribution is -2.38. The van der Waals surface area contributed by atoms with Gasteiger partial charge >= 0.3 is 0 Å². The Morgan fingerprint density at radius 2 is 1.72 bits per heavy atom. The highest BCUT2D eigenvalue weighted by Gasteiger charge is 2.29. The van der Waals surface area contributed by atoms with Gasteiger partial charge in [0.05, 0.1) is 17.2 Å². The average molecular weight is 508 g/mol. The summed E-state index contributed by atoms with van der Waals surface area (Å²) in [5.41, 5.74) is 2.47. The number of amides is 2. The largest absolute Gasteiger partial charge is 0.492 e. The summed E-state index contributed by atoms with van der Waals surface area (Å²) in [4.78, 5) is 26.8. The molecule has 0 unspecified atom stereocenters. The topological polar surface area (TPSA) is 96.0 Å². The van der Waals surface area contributed by atoms with E-state index in [1.807, 2.05) is 13.8 Å². The number of carbonyl (C=O) groups is 2. The molecule has 1 heterocycles. The molecule has 3 aromatic carbocycles. The van der Waals surface area contributed by atoms with Crippen LogP contribution < -0.4 is 19.3 Å². The van der Waals surface area contributed by atoms with Gasteiger partial charge in [0.1, 0.15) is 12.3 Å². The van der Waals surface area contributed by atoms with E-state index in [0.29, 0.717) is 31.0 Å². The van der Waals surface area contributed by atoms with E-state index in [9.17, 15) is 18.0 Å². The Labute approximate surface area is 211 Å². The van der Waals surface area contributed by atoms with E-state index in [-0.39, 0.29) is 16.5 Å². The number of nitrogens with one attached hydrogen (secondary N) is 1. The number of anilines is 3. The minimum atomic E-state index is -4.07. The van der Waals surface area contributed by atoms with Crippen LogP contribution in [0.4, 0.5) is 17.1 Å². The first-order valence-corrected chi connectivity index (χ1v) is 13.2. The van der Waals surface area contributed by atoms with Crippen LogP contribution in [0.3, 0.4) is 0 Å². The summed E-state index contributed by atoms with van der Waals surface area (Å²) in [6.45, 7) is 4.24. The highest BCUT2D eigenvalue weighted by Crippen LogP contribution is 2.32. The smallest absolute Gasteiger partial charge is 0.264 e. The molecular weight excluding hydrogens is 478 g/mol. The Balaban J connectivity index is 1.60. The number of carbonyl (C=O) groups excluding carboxylic acids is 2. The zero-order valence-corrected chi connectivity index (χ0v) is 21.1. The summed E-state index contributed by atoms with van der Waals surface area (Å²) in [6.07, 6.45) is 1.36. The van der Waals surface area contributed by atoms with Gasteiger partial charge in [0, 0.05) is 24.3 Å². The molecule has 2 amide bonds. The first-order chi connectivity index (χ1) is 17.3. The summed E-state index contributed by atoms with van der Waals surface area (Å²) in [5, 5.41) is 2.77. The number of nitrogens with zero attached hydrogens (tertiary/aromatic N) is 2. The molecule has 0 spiro atoms. The van der Waals surface area contributed by atoms with Crippen molar-refractivity contribution in [2.24, 2.45) is 0 Å². The molecule has 0 bridgehead atoms. The summed E-state index contributed by atoms with van der Waals surface area (Å²) in [5.74, 6) is -0.0678. The Bertz CT molecular complexity index is 1340. The molecule has 0 aliphatic carbocycles. The molecule has 9 heteroatoms. The number of para-hydroxylation sites is 2. The molecule has 0 radical (unpaired) electrons. The van der Waals surface area contributed by atoms with E-state index in [0.717, 1.165) is 22.0 Å². The van der Waals surface area contributed by atoms with Crippen molar-refractivity contribution in [3.8, 4) is 5.75 Å². The predicted molar refractivity (Wildman–Crippen MR) is 140 cm³/mol. The number of ether oxygens (including phenoxy) is 1. The molecule has 8 nitrogen and oxygen atoms in total. The van der Waals surface area contributed by atoms with Crippen molar-refractivity contribution in [3.63, 3.8) is 0 Å². The van der Waals surface area contributed by atoms with Gasteiger partial charge in [0.15, 0.2) is 0 Å². The third kappa shape index (κ3) is 5.52. The van der Waals surface area contributed by atoms with Gasteiger partial charge < -0.3 is 15.0 Å². The second-order valence-corrected chi connectivity index (χ2v) is 10.3. The molecule has 1 saturated heterocycles. The number of benzene rings is 3. The normalized spacial score (nSPS) is 13.5. The van der Waals surface area contributed by atoms with Gasteiger partial charge in [-0.3, -0.25) is 13.9 Å². The van der Waals surface area contributed by atoms with E-state index in [1.54, 1.807) is 65.6 Å². The zero-order chi connectivity index (χ0) is 25.7. The van der Waals surface area contributed by atoms with E-state index in [1.165, 1.54) is 12.1 Å². The van der Waals surface area contributed by atoms with Gasteiger partial charge in [-0.05, 0) is 68.8 Å². The number of hydrogen-bond donors (Lipinski definition) is 1. The van der Waals surface area contributed by atoms with Crippen LogP contribution in [-0.4, -0.2) is 39.9 Å². The number of sulfonamides is 1. The van der Waals surface area contributed by atoms with E-state index < -0.39 is 22.5 Å². The molecule has 1 aliphatic rings. The van der Waals surface area contributed by atoms with Crippen molar-refractivity contribution in [2.75, 3.05) is 34.2 Å². The lowest BCUT2D eigenvalue weighted by atomic mass is 10.2. The zero-order valence-electron chi connectivity index (χ0n) is 20.3. The van der Waals surface area contributed by atoms with Crippen molar-refractivity contribution < 1.29 is 22.7 Å². The molecule has 1 N–H and O–H groups in total. The van der Waals surface area contributed by atoms with Crippen LogP contribution >= 0.6 is 0 Å². The van der Waals surface area contributed by atoms with Crippen LogP contribution in [-0.2, 0) is 19.6 Å². The van der Waals surface area contributed by atoms with Crippen LogP contribution in [0.5, 0.6) is 5.75 Å². The predicted octanol–water partition coefficient (Wildman–Crippen LogP) is 4.35. The lowest BCUT2D eigenvalue weighted by Gasteiger charge is -2.26. The molecule has 1 fully saturated rings. The molecule has 188 valence electrons. The third-order valence-electron chi connectivity index (χ3n) is 5.87. The highest BCUT2D eigenvalue weighted by atomic mass is 32.2. The van der Waals surface area contributed by atoms with E-state index >= 15 is 0 Å². The van der Waals surface area contributed by atoms with Crippen LogP contribution in [0.25, 0.3) is 0 Å². The minimum Gasteiger partial charge on any atom is -0.492 e. The Hall–Kier alpha value is -3.85. The molecule has 0 aromatic heterocycles. The van der Waals surface area contributed by atoms with Crippen LogP contribution in [0.1, 0.15) is 25.3 Å². The van der Waals surface area contributed by atoms with Gasteiger partial charge in [0.25, 0.3) is 10.0 Å². The lowest BCUT2D eigenvalue weighted by molar-refractivity contribution is -0.117. The van der Waals surface area contributed by atoms with Crippen molar-refractivity contribution in [1.29, 1.82) is 0 Å². The van der Waals surface area contributed by atoms with Crippen molar-refractivity contribution in [1.82, 2.24) is 0 Å². The van der Waals surface area contributed by atoms with Gasteiger partial charge in [-0.2, -0.15) is 0 Å². The fourth-order valence-electron chi connectivity index (χ4n) is 4.05. The number of hydrogen-bond acceptors (Lipinski definition) is 5. The maximum Gasteiger partial charge on any atom is 0.264 e. The second-order valence-electron chi connectivity index (χ2n) is 8.47. The maximum absolute atomic E-state index is 13.7. The maximum atomic E-state index is 13.7. The first-order valence-electron chi connectivity index (χ1n) is 11.8. The van der Waals surface area contributed by atoms with E-state index in [2.05, 4.69) is 5.32 Å². The fraction of sp³-hybridized carbons (Fsp3) is 0.259. The summed E-state index contributed by atoms with van der Waals surface area (Å²) < 4.78 is 34.1. The number of aryl methyl sites for hydroxylation is 1. The average Bonchev–Trinajstić information content (AvgIpc) is 3.30. The van der Waals surface area contributed by atoms with Crippen LogP contribution in [0, 0.1) is 6.92 Å². The van der Waals surface area contributed by atoms with Gasteiger partial charge in [0.2, 0.25) is 11.8 Å². The summed E-state index contributed by atoms with van der Waals surface area (Å²) in [6, 6.07) is 20.2. The molecule has 0 atom stereocenters. The fourth-order valence-corrected chi connectivity index (χ4v) is 5.49. The minimum absolute atomic E-state index is 0.0758. The summed E-state index contributed by atoms with van der Waals surface area (Å²) in [7, 11) is -4.07. The monoisotopic (exact) mass is 507 g/mol. The van der Waals surface area contributed by atoms with Crippen LogP contribution in [0.15, 0.2) is 77.7 Å². The van der Waals surface area contributed by atoms with Gasteiger partial charge in [-0.25, -0.2) is 8.42 Å². The quantitative estimate of drug-likeness (QED) is 0.464. The Morgan fingerprint density at radius 1 is 1.03 bits per heavy atom. The number of rotatable bonds is 9. The molecule has 4 rings (SSSR count). The van der Waals surface area contributed by atoms with Crippen molar-refractivity contribution >= 4 is 38.9 Å². The Kier molecular flexibility index (Phi) is 7.59. The highest BCUT2D eigenvalue weighted by molar-refractivity contribution is 7.92. The van der Waals surface area contributed by atoms with Crippen molar-refractivity contribution in [3.05, 3.63) is 78.4 Å². The summed E-state index contributed by atoms with van der Waals surface area (Å²) >= 11 is 0. The van der Waals surface area contributed by atoms with Gasteiger partial charge in [-0.1, -0.05) is 29.8 Å². The molecule has 36 heavy (non-hydrogen) atoms. The van der Waals surface area contributed by atoms with Gasteiger partial charge in [-0.15, -0.1) is 0 Å². The molecule has 0 saturated carbocycles. The molecular formula is C27H29N3O5S. The first kappa shape index (κ1) is 25.2. The molecule has 3 aromatic rings. The molecule has 1 aliphatic heterocycles. The SMILES string of the molecule is CCOc1ccccc1N(CC(=O)Nc1ccc(N2CCCC2=O)cc1)S(=O)(=O)c1ccc(C)cc1. The third-order valence-corrected chi connectivity index (χ3v) is 7.64. The van der Waals surface area contributed by atoms with Crippen LogP contribution in [0.2, 0.25) is 0 Å². The standard InChI is InChI=1S/C27H29N3O5S/c1-3-35-25-8-5-4-7-24(25)30(36(33,34)23-16-10-20(2)11-17-23)19-26(31)28-21-12-14-22(15-13-21)29-18-6-9-27(29)32/h4-5,7-8,10-17H,3,6,9,18-19H2,1-2H3,(H,28,31). The Morgan fingerprint density at radius 3 is 2.36 bits per heavy atom. The van der Waals surface area contributed by atoms with Crippen molar-refractivity contribution in [2.45, 2.75) is 31.6 Å². The van der Waals surface area contributed by atoms with E-state index in [4.69, 9.17) is 4.74 Å².